The molecule has 0 aromatic carbocycles. The average Bonchev–Trinajstić information content (AvgIpc) is 2.39. The number of nitrogens with one attached hydrogen (secondary N) is 1. The minimum atomic E-state index is 0.528. The van der Waals surface area contributed by atoms with Gasteiger partial charge < -0.3 is 10.1 Å². The fraction of sp³-hybridized carbons (Fsp3) is 1.00. The highest BCUT2D eigenvalue weighted by molar-refractivity contribution is 4.90. The third-order valence-electron chi connectivity index (χ3n) is 4.42. The maximum Gasteiger partial charge on any atom is 0.0615 e. The molecule has 1 heterocycles. The molecule has 1 N–H and O–H groups in total. The van der Waals surface area contributed by atoms with Gasteiger partial charge in [0.1, 0.15) is 0 Å². The summed E-state index contributed by atoms with van der Waals surface area (Å²) in [5.74, 6) is 0.754. The molecule has 18 heavy (non-hydrogen) atoms. The van der Waals surface area contributed by atoms with Crippen LogP contribution in [0, 0.1) is 5.92 Å². The van der Waals surface area contributed by atoms with Crippen LogP contribution in [0.3, 0.4) is 0 Å². The number of nitrogens with zero attached hydrogens (tertiary/aromatic N) is 1. The Balaban J connectivity index is 2.63. The van der Waals surface area contributed by atoms with Crippen LogP contribution in [0.2, 0.25) is 0 Å². The molecular formula is C15H32N2O. The summed E-state index contributed by atoms with van der Waals surface area (Å²) < 4.78 is 5.34. The first-order chi connectivity index (χ1) is 8.63. The van der Waals surface area contributed by atoms with Gasteiger partial charge in [0.05, 0.1) is 6.61 Å². The number of hydrogen-bond acceptors (Lipinski definition) is 3. The van der Waals surface area contributed by atoms with E-state index in [0.29, 0.717) is 18.1 Å². The van der Waals surface area contributed by atoms with E-state index < -0.39 is 0 Å². The molecule has 1 fully saturated rings. The summed E-state index contributed by atoms with van der Waals surface area (Å²) in [7, 11) is 1.81. The van der Waals surface area contributed by atoms with Crippen molar-refractivity contribution in [3.63, 3.8) is 0 Å². The molecule has 0 radical (unpaired) electrons. The third-order valence-corrected chi connectivity index (χ3v) is 4.42. The Morgan fingerprint density at radius 1 is 1.33 bits per heavy atom. The van der Waals surface area contributed by atoms with Gasteiger partial charge in [-0.25, -0.2) is 0 Å². The Morgan fingerprint density at radius 2 is 2.06 bits per heavy atom. The smallest absolute Gasteiger partial charge is 0.0615 e. The number of methoxy groups -OCH3 is 1. The van der Waals surface area contributed by atoms with Gasteiger partial charge in [-0.1, -0.05) is 33.6 Å². The molecule has 108 valence electrons. The minimum absolute atomic E-state index is 0.528. The maximum absolute atomic E-state index is 5.34. The Labute approximate surface area is 113 Å². The van der Waals surface area contributed by atoms with E-state index in [9.17, 15) is 0 Å². The van der Waals surface area contributed by atoms with Crippen molar-refractivity contribution in [2.45, 2.75) is 65.1 Å². The van der Waals surface area contributed by atoms with Crippen LogP contribution in [0.4, 0.5) is 0 Å². The van der Waals surface area contributed by atoms with Crippen molar-refractivity contribution in [3.8, 4) is 0 Å². The lowest BCUT2D eigenvalue weighted by atomic mass is 9.93. The van der Waals surface area contributed by atoms with E-state index in [4.69, 9.17) is 4.74 Å². The SMILES string of the molecule is CCCC1CNC(C(C)CC)CN1C(C)COC. The second-order valence-corrected chi connectivity index (χ2v) is 5.84. The zero-order valence-electron chi connectivity index (χ0n) is 12.9. The minimum Gasteiger partial charge on any atom is -0.383 e. The number of hydrogen-bond donors (Lipinski definition) is 1. The van der Waals surface area contributed by atoms with Crippen molar-refractivity contribution in [1.82, 2.24) is 10.2 Å². The first-order valence-electron chi connectivity index (χ1n) is 7.62. The summed E-state index contributed by atoms with van der Waals surface area (Å²) in [6.45, 7) is 12.4. The van der Waals surface area contributed by atoms with E-state index in [2.05, 4.69) is 37.9 Å². The van der Waals surface area contributed by atoms with Crippen LogP contribution in [0.25, 0.3) is 0 Å². The Bertz CT molecular complexity index is 223. The lowest BCUT2D eigenvalue weighted by Crippen LogP contribution is -2.61. The largest absolute Gasteiger partial charge is 0.383 e. The van der Waals surface area contributed by atoms with Crippen molar-refractivity contribution in [3.05, 3.63) is 0 Å². The van der Waals surface area contributed by atoms with Crippen molar-refractivity contribution < 1.29 is 4.74 Å². The quantitative estimate of drug-likeness (QED) is 0.757. The molecule has 4 unspecified atom stereocenters. The molecule has 0 saturated carbocycles. The van der Waals surface area contributed by atoms with Crippen LogP contribution in [0.5, 0.6) is 0 Å². The average molecular weight is 256 g/mol. The molecule has 4 atom stereocenters. The predicted molar refractivity (Wildman–Crippen MR) is 78.0 cm³/mol. The van der Waals surface area contributed by atoms with E-state index in [-0.39, 0.29) is 0 Å². The third kappa shape index (κ3) is 4.22. The highest BCUT2D eigenvalue weighted by Crippen LogP contribution is 2.20. The molecule has 1 saturated heterocycles. The highest BCUT2D eigenvalue weighted by atomic mass is 16.5. The number of ether oxygens (including phenoxy) is 1. The molecule has 1 rings (SSSR count). The van der Waals surface area contributed by atoms with Crippen LogP contribution in [0.1, 0.15) is 47.0 Å². The zero-order chi connectivity index (χ0) is 13.5. The first kappa shape index (κ1) is 15.9. The van der Waals surface area contributed by atoms with Gasteiger partial charge in [0.25, 0.3) is 0 Å². The topological polar surface area (TPSA) is 24.5 Å². The van der Waals surface area contributed by atoms with Crippen LogP contribution in [0.15, 0.2) is 0 Å². The maximum atomic E-state index is 5.34. The monoisotopic (exact) mass is 256 g/mol. The summed E-state index contributed by atoms with van der Waals surface area (Å²) in [6, 6.07) is 1.85. The lowest BCUT2D eigenvalue weighted by molar-refractivity contribution is 0.0292. The van der Waals surface area contributed by atoms with Gasteiger partial charge >= 0.3 is 0 Å². The van der Waals surface area contributed by atoms with Gasteiger partial charge in [0.2, 0.25) is 0 Å². The molecule has 3 heteroatoms. The molecule has 0 spiro atoms. The Hall–Kier alpha value is -0.120. The highest BCUT2D eigenvalue weighted by Gasteiger charge is 2.32. The fourth-order valence-electron chi connectivity index (χ4n) is 2.99. The zero-order valence-corrected chi connectivity index (χ0v) is 12.9. The van der Waals surface area contributed by atoms with Gasteiger partial charge in [-0.2, -0.15) is 0 Å². The van der Waals surface area contributed by atoms with E-state index >= 15 is 0 Å². The number of piperazine rings is 1. The summed E-state index contributed by atoms with van der Waals surface area (Å²) in [4.78, 5) is 2.67. The van der Waals surface area contributed by atoms with E-state index in [1.165, 1.54) is 25.8 Å². The summed E-state index contributed by atoms with van der Waals surface area (Å²) in [6.07, 6.45) is 3.80. The molecule has 0 amide bonds. The van der Waals surface area contributed by atoms with Crippen molar-refractivity contribution in [1.29, 1.82) is 0 Å². The number of rotatable bonds is 7. The van der Waals surface area contributed by atoms with Gasteiger partial charge in [0, 0.05) is 38.3 Å². The van der Waals surface area contributed by atoms with Crippen LogP contribution in [-0.4, -0.2) is 49.8 Å². The predicted octanol–water partition coefficient (Wildman–Crippen LogP) is 2.51. The molecule has 3 nitrogen and oxygen atoms in total. The molecular weight excluding hydrogens is 224 g/mol. The molecule has 0 aromatic rings. The molecule has 0 aliphatic carbocycles. The molecule has 0 bridgehead atoms. The summed E-state index contributed by atoms with van der Waals surface area (Å²) in [5, 5.41) is 3.75. The van der Waals surface area contributed by atoms with Crippen molar-refractivity contribution >= 4 is 0 Å². The van der Waals surface area contributed by atoms with Crippen LogP contribution >= 0.6 is 0 Å². The van der Waals surface area contributed by atoms with E-state index in [1.54, 1.807) is 7.11 Å². The molecule has 0 aromatic heterocycles. The van der Waals surface area contributed by atoms with Crippen LogP contribution < -0.4 is 5.32 Å². The standard InChI is InChI=1S/C15H32N2O/c1-6-8-14-9-16-15(12(3)7-2)10-17(14)13(4)11-18-5/h12-16H,6-11H2,1-5H3. The normalized spacial score (nSPS) is 29.2. The Morgan fingerprint density at radius 3 is 2.61 bits per heavy atom. The van der Waals surface area contributed by atoms with Gasteiger partial charge in [-0.05, 0) is 19.3 Å². The fourth-order valence-corrected chi connectivity index (χ4v) is 2.99. The summed E-state index contributed by atoms with van der Waals surface area (Å²) in [5.41, 5.74) is 0. The summed E-state index contributed by atoms with van der Waals surface area (Å²) >= 11 is 0. The van der Waals surface area contributed by atoms with Crippen LogP contribution in [-0.2, 0) is 4.74 Å². The Kier molecular flexibility index (Phi) is 7.20. The van der Waals surface area contributed by atoms with Gasteiger partial charge in [0.15, 0.2) is 0 Å². The van der Waals surface area contributed by atoms with E-state index in [1.807, 2.05) is 0 Å². The van der Waals surface area contributed by atoms with Gasteiger partial charge in [-0.15, -0.1) is 0 Å². The first-order valence-corrected chi connectivity index (χ1v) is 7.62. The second kappa shape index (κ2) is 8.13. The van der Waals surface area contributed by atoms with E-state index in [0.717, 1.165) is 19.1 Å². The lowest BCUT2D eigenvalue weighted by Gasteiger charge is -2.45. The van der Waals surface area contributed by atoms with Crippen molar-refractivity contribution in [2.24, 2.45) is 5.92 Å². The molecule has 1 aliphatic rings. The van der Waals surface area contributed by atoms with Gasteiger partial charge in [-0.3, -0.25) is 4.90 Å². The van der Waals surface area contributed by atoms with Crippen molar-refractivity contribution in [2.75, 3.05) is 26.8 Å². The second-order valence-electron chi connectivity index (χ2n) is 5.84. The molecule has 1 aliphatic heterocycles.